The number of nitrogens with one attached hydrogen (secondary N) is 2. The maximum atomic E-state index is 11.7. The van der Waals surface area contributed by atoms with E-state index in [9.17, 15) is 9.59 Å². The largest absolute Gasteiger partial charge is 0.355 e. The molecule has 0 aliphatic carbocycles. The third-order valence-corrected chi connectivity index (χ3v) is 2.80. The lowest BCUT2D eigenvalue weighted by Crippen LogP contribution is -2.45. The Kier molecular flexibility index (Phi) is 5.65. The monoisotopic (exact) mass is 268 g/mol. The van der Waals surface area contributed by atoms with Crippen molar-refractivity contribution in [3.05, 3.63) is 34.9 Å². The normalized spacial score (nSPS) is 11.7. The molecule has 0 aliphatic heterocycles. The van der Waals surface area contributed by atoms with Crippen molar-refractivity contribution in [1.82, 2.24) is 10.6 Å². The number of amides is 2. The first-order chi connectivity index (χ1) is 8.54. The molecule has 1 atom stereocenters. The molecule has 1 unspecified atom stereocenters. The van der Waals surface area contributed by atoms with Crippen LogP contribution in [0.15, 0.2) is 24.3 Å². The van der Waals surface area contributed by atoms with Crippen molar-refractivity contribution in [2.45, 2.75) is 26.3 Å². The van der Waals surface area contributed by atoms with Crippen LogP contribution in [0.2, 0.25) is 5.02 Å². The molecule has 0 bridgehead atoms. The van der Waals surface area contributed by atoms with E-state index in [0.717, 1.165) is 5.56 Å². The number of halogens is 1. The van der Waals surface area contributed by atoms with Crippen molar-refractivity contribution >= 4 is 23.4 Å². The molecule has 98 valence electrons. The topological polar surface area (TPSA) is 58.2 Å². The Morgan fingerprint density at radius 2 is 2.00 bits per heavy atom. The highest BCUT2D eigenvalue weighted by molar-refractivity contribution is 6.31. The molecule has 2 amide bonds. The van der Waals surface area contributed by atoms with Crippen LogP contribution in [-0.4, -0.2) is 24.4 Å². The van der Waals surface area contributed by atoms with Crippen LogP contribution in [0.1, 0.15) is 19.4 Å². The van der Waals surface area contributed by atoms with Crippen LogP contribution in [-0.2, 0) is 16.0 Å². The second kappa shape index (κ2) is 7.01. The zero-order valence-corrected chi connectivity index (χ0v) is 11.3. The van der Waals surface area contributed by atoms with Gasteiger partial charge in [0, 0.05) is 11.6 Å². The Hall–Kier alpha value is -1.55. The molecular formula is C13H17ClN2O2. The third kappa shape index (κ3) is 4.37. The number of carbonyl (C=O) groups is 2. The summed E-state index contributed by atoms with van der Waals surface area (Å²) < 4.78 is 0. The molecule has 0 aromatic heterocycles. The fraction of sp³-hybridized carbons (Fsp3) is 0.385. The number of hydrogen-bond donors (Lipinski definition) is 2. The fourth-order valence-electron chi connectivity index (χ4n) is 1.50. The Balaban J connectivity index is 2.52. The first-order valence-electron chi connectivity index (χ1n) is 5.85. The van der Waals surface area contributed by atoms with Crippen molar-refractivity contribution in [1.29, 1.82) is 0 Å². The second-order valence-corrected chi connectivity index (χ2v) is 4.36. The van der Waals surface area contributed by atoms with Gasteiger partial charge in [0.2, 0.25) is 11.8 Å². The molecule has 0 aliphatic rings. The van der Waals surface area contributed by atoms with E-state index in [2.05, 4.69) is 10.6 Å². The Morgan fingerprint density at radius 3 is 2.61 bits per heavy atom. The van der Waals surface area contributed by atoms with Gasteiger partial charge in [-0.25, -0.2) is 0 Å². The summed E-state index contributed by atoms with van der Waals surface area (Å²) in [6, 6.07) is 6.61. The quantitative estimate of drug-likeness (QED) is 0.851. The standard InChI is InChI=1S/C13H17ClN2O2/c1-3-15-13(18)9(2)16-12(17)8-10-6-4-5-7-11(10)14/h4-7,9H,3,8H2,1-2H3,(H,15,18)(H,16,17). The predicted molar refractivity (Wildman–Crippen MR) is 71.4 cm³/mol. The van der Waals surface area contributed by atoms with Gasteiger partial charge in [-0.05, 0) is 25.5 Å². The van der Waals surface area contributed by atoms with Gasteiger partial charge in [0.15, 0.2) is 0 Å². The molecule has 0 spiro atoms. The minimum atomic E-state index is -0.542. The first kappa shape index (κ1) is 14.5. The Labute approximate surface area is 112 Å². The number of benzene rings is 1. The lowest BCUT2D eigenvalue weighted by Gasteiger charge is -2.13. The Morgan fingerprint density at radius 1 is 1.33 bits per heavy atom. The van der Waals surface area contributed by atoms with Gasteiger partial charge in [-0.15, -0.1) is 0 Å². The van der Waals surface area contributed by atoms with Crippen molar-refractivity contribution in [2.75, 3.05) is 6.54 Å². The number of hydrogen-bond acceptors (Lipinski definition) is 2. The van der Waals surface area contributed by atoms with Crippen LogP contribution >= 0.6 is 11.6 Å². The molecule has 5 heteroatoms. The summed E-state index contributed by atoms with van der Waals surface area (Å²) in [4.78, 5) is 23.2. The number of likely N-dealkylation sites (N-methyl/N-ethyl adjacent to an activating group) is 1. The maximum Gasteiger partial charge on any atom is 0.242 e. The van der Waals surface area contributed by atoms with Gasteiger partial charge in [-0.3, -0.25) is 9.59 Å². The fourth-order valence-corrected chi connectivity index (χ4v) is 1.70. The summed E-state index contributed by atoms with van der Waals surface area (Å²) in [6.07, 6.45) is 0.170. The van der Waals surface area contributed by atoms with E-state index in [-0.39, 0.29) is 18.2 Å². The minimum absolute atomic E-state index is 0.170. The molecular weight excluding hydrogens is 252 g/mol. The van der Waals surface area contributed by atoms with Crippen molar-refractivity contribution in [2.24, 2.45) is 0 Å². The molecule has 0 saturated heterocycles. The molecule has 2 N–H and O–H groups in total. The highest BCUT2D eigenvalue weighted by atomic mass is 35.5. The molecule has 0 fully saturated rings. The van der Waals surface area contributed by atoms with Gasteiger partial charge in [0.1, 0.15) is 6.04 Å². The molecule has 1 aromatic rings. The summed E-state index contributed by atoms with van der Waals surface area (Å²) in [5, 5.41) is 5.83. The van der Waals surface area contributed by atoms with Crippen LogP contribution in [0, 0.1) is 0 Å². The molecule has 18 heavy (non-hydrogen) atoms. The number of carbonyl (C=O) groups excluding carboxylic acids is 2. The second-order valence-electron chi connectivity index (χ2n) is 3.95. The van der Waals surface area contributed by atoms with E-state index in [1.54, 1.807) is 25.1 Å². The van der Waals surface area contributed by atoms with Gasteiger partial charge in [0.05, 0.1) is 6.42 Å². The first-order valence-corrected chi connectivity index (χ1v) is 6.23. The highest BCUT2D eigenvalue weighted by Crippen LogP contribution is 2.15. The molecule has 0 radical (unpaired) electrons. The molecule has 1 aromatic carbocycles. The average Bonchev–Trinajstić information content (AvgIpc) is 2.32. The minimum Gasteiger partial charge on any atom is -0.355 e. The van der Waals surface area contributed by atoms with Crippen LogP contribution in [0.5, 0.6) is 0 Å². The predicted octanol–water partition coefficient (Wildman–Crippen LogP) is 1.52. The summed E-state index contributed by atoms with van der Waals surface area (Å²) in [5.41, 5.74) is 0.750. The summed E-state index contributed by atoms with van der Waals surface area (Å²) in [7, 11) is 0. The van der Waals surface area contributed by atoms with E-state index in [1.807, 2.05) is 13.0 Å². The van der Waals surface area contributed by atoms with E-state index in [0.29, 0.717) is 11.6 Å². The van der Waals surface area contributed by atoms with Gasteiger partial charge >= 0.3 is 0 Å². The van der Waals surface area contributed by atoms with Crippen LogP contribution in [0.4, 0.5) is 0 Å². The van der Waals surface area contributed by atoms with Gasteiger partial charge < -0.3 is 10.6 Å². The van der Waals surface area contributed by atoms with Crippen LogP contribution < -0.4 is 10.6 Å². The van der Waals surface area contributed by atoms with E-state index in [4.69, 9.17) is 11.6 Å². The third-order valence-electron chi connectivity index (χ3n) is 2.43. The van der Waals surface area contributed by atoms with Gasteiger partial charge in [-0.1, -0.05) is 29.8 Å². The Bertz CT molecular complexity index is 435. The number of rotatable bonds is 5. The smallest absolute Gasteiger partial charge is 0.242 e. The van der Waals surface area contributed by atoms with Gasteiger partial charge in [0.25, 0.3) is 0 Å². The molecule has 0 heterocycles. The molecule has 0 saturated carbocycles. The van der Waals surface area contributed by atoms with E-state index >= 15 is 0 Å². The zero-order valence-electron chi connectivity index (χ0n) is 10.5. The summed E-state index contributed by atoms with van der Waals surface area (Å²) >= 11 is 5.96. The van der Waals surface area contributed by atoms with Gasteiger partial charge in [-0.2, -0.15) is 0 Å². The maximum absolute atomic E-state index is 11.7. The highest BCUT2D eigenvalue weighted by Gasteiger charge is 2.15. The van der Waals surface area contributed by atoms with Crippen LogP contribution in [0.3, 0.4) is 0 Å². The van der Waals surface area contributed by atoms with Crippen molar-refractivity contribution in [3.8, 4) is 0 Å². The van der Waals surface area contributed by atoms with Crippen LogP contribution in [0.25, 0.3) is 0 Å². The van der Waals surface area contributed by atoms with E-state index in [1.165, 1.54) is 0 Å². The SMILES string of the molecule is CCNC(=O)C(C)NC(=O)Cc1ccccc1Cl. The zero-order chi connectivity index (χ0) is 13.5. The lowest BCUT2D eigenvalue weighted by atomic mass is 10.1. The van der Waals surface area contributed by atoms with E-state index < -0.39 is 6.04 Å². The average molecular weight is 269 g/mol. The lowest BCUT2D eigenvalue weighted by molar-refractivity contribution is -0.128. The summed E-state index contributed by atoms with van der Waals surface area (Å²) in [5.74, 6) is -0.410. The summed E-state index contributed by atoms with van der Waals surface area (Å²) in [6.45, 7) is 4.02. The van der Waals surface area contributed by atoms with Crippen molar-refractivity contribution in [3.63, 3.8) is 0 Å². The van der Waals surface area contributed by atoms with Crippen molar-refractivity contribution < 1.29 is 9.59 Å². The molecule has 1 rings (SSSR count). The molecule has 4 nitrogen and oxygen atoms in total.